The molecule has 0 unspecified atom stereocenters. The van der Waals surface area contributed by atoms with Crippen molar-refractivity contribution in [2.24, 2.45) is 17.1 Å². The van der Waals surface area contributed by atoms with Crippen LogP contribution in [0.4, 0.5) is 21.7 Å². The van der Waals surface area contributed by atoms with Gasteiger partial charge in [-0.2, -0.15) is 15.5 Å². The fourth-order valence-corrected chi connectivity index (χ4v) is 3.59. The standard InChI is InChI=1S/C21H16FN9O/c1-11-13-8-12(22)5-6-15(13)31-18(4-3-7-25-31)26-21-19(16(10-23)30(2)29-21)14-9-17(32-11)20(24)28-27-14/h3-9,11H,1-2H3,(H2,24,28)/t11-/m1/s1. The van der Waals surface area contributed by atoms with Crippen molar-refractivity contribution in [2.45, 2.75) is 13.0 Å². The number of halogens is 1. The molecule has 0 amide bonds. The summed E-state index contributed by atoms with van der Waals surface area (Å²) in [6.45, 7) is 1.76. The highest BCUT2D eigenvalue weighted by Gasteiger charge is 2.27. The van der Waals surface area contributed by atoms with Crippen molar-refractivity contribution in [3.8, 4) is 23.1 Å². The molecule has 1 atom stereocenters. The van der Waals surface area contributed by atoms with E-state index >= 15 is 0 Å². The van der Waals surface area contributed by atoms with E-state index in [4.69, 9.17) is 10.5 Å². The van der Waals surface area contributed by atoms with Gasteiger partial charge in [0.2, 0.25) is 0 Å². The Labute approximate surface area is 181 Å². The molecule has 2 aliphatic heterocycles. The second-order valence-electron chi connectivity index (χ2n) is 7.13. The molecule has 0 radical (unpaired) electrons. The van der Waals surface area contributed by atoms with Crippen LogP contribution in [0.15, 0.2) is 46.5 Å². The lowest BCUT2D eigenvalue weighted by Gasteiger charge is -2.26. The van der Waals surface area contributed by atoms with Crippen LogP contribution >= 0.6 is 0 Å². The highest BCUT2D eigenvalue weighted by atomic mass is 19.1. The number of benzene rings is 1. The van der Waals surface area contributed by atoms with E-state index < -0.39 is 11.9 Å². The van der Waals surface area contributed by atoms with Crippen LogP contribution in [-0.2, 0) is 7.05 Å². The lowest BCUT2D eigenvalue weighted by molar-refractivity contribution is 0.227. The third kappa shape index (κ3) is 3.05. The first kappa shape index (κ1) is 19.4. The fraction of sp³-hybridized carbons (Fsp3) is 0.143. The molecule has 32 heavy (non-hydrogen) atoms. The molecule has 0 saturated heterocycles. The molecule has 0 aliphatic carbocycles. The average Bonchev–Trinajstić information content (AvgIpc) is 3.09. The van der Waals surface area contributed by atoms with Gasteiger partial charge in [0.05, 0.1) is 11.3 Å². The number of nitriles is 1. The largest absolute Gasteiger partial charge is 0.482 e. The molecule has 10 nitrogen and oxygen atoms in total. The van der Waals surface area contributed by atoms with E-state index in [1.165, 1.54) is 16.8 Å². The number of amidine groups is 1. The number of anilines is 2. The second kappa shape index (κ2) is 7.28. The molecule has 0 saturated carbocycles. The van der Waals surface area contributed by atoms with Crippen LogP contribution in [0.2, 0.25) is 0 Å². The van der Waals surface area contributed by atoms with Crippen molar-refractivity contribution < 1.29 is 9.13 Å². The van der Waals surface area contributed by atoms with Crippen LogP contribution in [0, 0.1) is 17.1 Å². The normalized spacial score (nSPS) is 16.5. The maximum Gasteiger partial charge on any atom is 0.188 e. The monoisotopic (exact) mass is 429 g/mol. The number of ether oxygens (including phenoxy) is 1. The van der Waals surface area contributed by atoms with Crippen LogP contribution in [0.25, 0.3) is 11.3 Å². The third-order valence-electron chi connectivity index (χ3n) is 5.09. The summed E-state index contributed by atoms with van der Waals surface area (Å²) < 4.78 is 21.7. The summed E-state index contributed by atoms with van der Waals surface area (Å²) in [7, 11) is 1.64. The Morgan fingerprint density at radius 2 is 2.09 bits per heavy atom. The van der Waals surface area contributed by atoms with Crippen molar-refractivity contribution in [3.63, 3.8) is 0 Å². The number of nitrogens with two attached hydrogens (primary N) is 1. The zero-order chi connectivity index (χ0) is 22.4. The molecular weight excluding hydrogens is 413 g/mol. The van der Waals surface area contributed by atoms with E-state index in [1.54, 1.807) is 49.5 Å². The summed E-state index contributed by atoms with van der Waals surface area (Å²) in [5, 5.41) is 28.2. The Bertz CT molecular complexity index is 1380. The Balaban J connectivity index is 1.85. The maximum absolute atomic E-state index is 14.2. The quantitative estimate of drug-likeness (QED) is 0.581. The van der Waals surface area contributed by atoms with Crippen LogP contribution < -0.4 is 15.5 Å². The van der Waals surface area contributed by atoms with Gasteiger partial charge in [0.25, 0.3) is 0 Å². The van der Waals surface area contributed by atoms with Gasteiger partial charge in [-0.15, -0.1) is 10.2 Å². The first-order chi connectivity index (χ1) is 15.5. The van der Waals surface area contributed by atoms with E-state index in [2.05, 4.69) is 31.5 Å². The van der Waals surface area contributed by atoms with Crippen LogP contribution in [-0.4, -0.2) is 32.0 Å². The summed E-state index contributed by atoms with van der Waals surface area (Å²) in [5.41, 5.74) is 8.05. The molecule has 3 aromatic rings. The first-order valence-corrected chi connectivity index (χ1v) is 9.62. The van der Waals surface area contributed by atoms with Gasteiger partial charge in [0, 0.05) is 24.9 Å². The van der Waals surface area contributed by atoms with E-state index in [1.807, 2.05) is 0 Å². The number of allylic oxidation sites excluding steroid dienone is 1. The first-order valence-electron chi connectivity index (χ1n) is 9.62. The van der Waals surface area contributed by atoms with Crippen molar-refractivity contribution in [1.82, 2.24) is 20.0 Å². The number of nitrogen functional groups attached to an aromatic ring is 1. The predicted octanol–water partition coefficient (Wildman–Crippen LogP) is 3.02. The average molecular weight is 429 g/mol. The molecule has 4 heterocycles. The third-order valence-corrected chi connectivity index (χ3v) is 5.09. The Morgan fingerprint density at radius 1 is 1.25 bits per heavy atom. The Morgan fingerprint density at radius 3 is 2.91 bits per heavy atom. The predicted molar refractivity (Wildman–Crippen MR) is 116 cm³/mol. The highest BCUT2D eigenvalue weighted by Crippen LogP contribution is 2.38. The molecule has 5 rings (SSSR count). The summed E-state index contributed by atoms with van der Waals surface area (Å²) in [6.07, 6.45) is 4.43. The molecule has 0 spiro atoms. The number of hydrogen-bond acceptors (Lipinski definition) is 9. The molecule has 2 N–H and O–H groups in total. The zero-order valence-corrected chi connectivity index (χ0v) is 17.1. The Kier molecular flexibility index (Phi) is 4.41. The van der Waals surface area contributed by atoms with E-state index in [0.717, 1.165) is 0 Å². The van der Waals surface area contributed by atoms with E-state index in [9.17, 15) is 9.65 Å². The number of nitrogens with zero attached hydrogens (tertiary/aromatic N) is 8. The summed E-state index contributed by atoms with van der Waals surface area (Å²) in [5.74, 6) is 0.535. The van der Waals surface area contributed by atoms with Crippen LogP contribution in [0.5, 0.6) is 5.75 Å². The molecule has 2 bridgehead atoms. The number of fused-ring (bicyclic) bond motifs is 7. The van der Waals surface area contributed by atoms with Crippen molar-refractivity contribution >= 4 is 29.4 Å². The SMILES string of the molecule is C[C@H]1Oc2cc(nnc2N)-c2c(nn(C)c2C#N)N=C2C=CC=NN2c2ccc(F)cc21. The molecular formula is C21H16FN9O. The molecule has 1 aromatic carbocycles. The van der Waals surface area contributed by atoms with Gasteiger partial charge in [-0.05, 0) is 37.3 Å². The maximum atomic E-state index is 14.2. The molecule has 158 valence electrons. The fourth-order valence-electron chi connectivity index (χ4n) is 3.59. The van der Waals surface area contributed by atoms with Crippen LogP contribution in [0.1, 0.15) is 24.3 Å². The second-order valence-corrected chi connectivity index (χ2v) is 7.13. The van der Waals surface area contributed by atoms with Gasteiger partial charge < -0.3 is 10.5 Å². The lowest BCUT2D eigenvalue weighted by atomic mass is 10.1. The smallest absolute Gasteiger partial charge is 0.188 e. The van der Waals surface area contributed by atoms with Crippen molar-refractivity contribution in [3.05, 3.63) is 53.5 Å². The number of aromatic nitrogens is 4. The van der Waals surface area contributed by atoms with Gasteiger partial charge in [-0.3, -0.25) is 4.68 Å². The molecule has 2 aliphatic rings. The van der Waals surface area contributed by atoms with Gasteiger partial charge >= 0.3 is 0 Å². The molecule has 11 heteroatoms. The number of hydrogen-bond donors (Lipinski definition) is 1. The Hall–Kier alpha value is -4.59. The number of aliphatic imine (C=N–C) groups is 1. The summed E-state index contributed by atoms with van der Waals surface area (Å²) in [4.78, 5) is 4.67. The molecule has 0 fully saturated rings. The molecule has 2 aromatic heterocycles. The summed E-state index contributed by atoms with van der Waals surface area (Å²) >= 11 is 0. The topological polar surface area (TPSA) is 131 Å². The van der Waals surface area contributed by atoms with E-state index in [-0.39, 0.29) is 23.1 Å². The lowest BCUT2D eigenvalue weighted by Crippen LogP contribution is -2.28. The highest BCUT2D eigenvalue weighted by molar-refractivity contribution is 6.11. The van der Waals surface area contributed by atoms with Gasteiger partial charge in [0.1, 0.15) is 29.4 Å². The zero-order valence-electron chi connectivity index (χ0n) is 17.1. The van der Waals surface area contributed by atoms with Gasteiger partial charge in [-0.25, -0.2) is 14.4 Å². The van der Waals surface area contributed by atoms with Crippen LogP contribution in [0.3, 0.4) is 0 Å². The van der Waals surface area contributed by atoms with Gasteiger partial charge in [0.15, 0.2) is 23.2 Å². The minimum absolute atomic E-state index is 0.0580. The van der Waals surface area contributed by atoms with Crippen molar-refractivity contribution in [1.29, 1.82) is 5.26 Å². The van der Waals surface area contributed by atoms with E-state index in [0.29, 0.717) is 28.3 Å². The number of hydrazone groups is 1. The minimum Gasteiger partial charge on any atom is -0.482 e. The minimum atomic E-state index is -0.620. The number of aryl methyl sites for hydroxylation is 1. The summed E-state index contributed by atoms with van der Waals surface area (Å²) in [6, 6.07) is 8.02. The van der Waals surface area contributed by atoms with Crippen molar-refractivity contribution in [2.75, 3.05) is 10.7 Å². The number of rotatable bonds is 0. The van der Waals surface area contributed by atoms with Gasteiger partial charge in [-0.1, -0.05) is 0 Å².